The van der Waals surface area contributed by atoms with Gasteiger partial charge in [-0.2, -0.15) is 0 Å². The number of carbonyl (C=O) groups excluding carboxylic acids is 1. The summed E-state index contributed by atoms with van der Waals surface area (Å²) in [5.74, 6) is 0.868. The van der Waals surface area contributed by atoms with E-state index in [2.05, 4.69) is 10.3 Å². The zero-order valence-electron chi connectivity index (χ0n) is 11.1. The van der Waals surface area contributed by atoms with E-state index in [1.165, 1.54) is 11.3 Å². The summed E-state index contributed by atoms with van der Waals surface area (Å²) in [5, 5.41) is 5.75. The SMILES string of the molecule is NCCc1nc(C(=O)NC2CCCc3occc32)cs1. The van der Waals surface area contributed by atoms with Crippen LogP contribution in [0.1, 0.15) is 45.7 Å². The van der Waals surface area contributed by atoms with Gasteiger partial charge in [0.2, 0.25) is 0 Å². The van der Waals surface area contributed by atoms with Crippen molar-refractivity contribution in [2.24, 2.45) is 5.73 Å². The second-order valence-electron chi connectivity index (χ2n) is 4.88. The molecule has 2 aromatic rings. The third-order valence-electron chi connectivity index (χ3n) is 3.50. The lowest BCUT2D eigenvalue weighted by Gasteiger charge is -2.22. The van der Waals surface area contributed by atoms with Crippen LogP contribution in [0, 0.1) is 0 Å². The van der Waals surface area contributed by atoms with Crippen LogP contribution in [0.5, 0.6) is 0 Å². The summed E-state index contributed by atoms with van der Waals surface area (Å²) in [6.07, 6.45) is 5.33. The van der Waals surface area contributed by atoms with Gasteiger partial charge in [0.25, 0.3) is 5.91 Å². The van der Waals surface area contributed by atoms with Crippen molar-refractivity contribution < 1.29 is 9.21 Å². The topological polar surface area (TPSA) is 81.1 Å². The number of rotatable bonds is 4. The molecular weight excluding hydrogens is 274 g/mol. The van der Waals surface area contributed by atoms with Gasteiger partial charge in [-0.25, -0.2) is 4.98 Å². The van der Waals surface area contributed by atoms with Crippen molar-refractivity contribution in [3.05, 3.63) is 39.7 Å². The van der Waals surface area contributed by atoms with Crippen LogP contribution in [0.15, 0.2) is 22.1 Å². The molecule has 20 heavy (non-hydrogen) atoms. The van der Waals surface area contributed by atoms with E-state index in [4.69, 9.17) is 10.2 Å². The summed E-state index contributed by atoms with van der Waals surface area (Å²) < 4.78 is 5.43. The van der Waals surface area contributed by atoms with E-state index >= 15 is 0 Å². The molecule has 0 aliphatic heterocycles. The highest BCUT2D eigenvalue weighted by atomic mass is 32.1. The first-order valence-corrected chi connectivity index (χ1v) is 7.67. The maximum Gasteiger partial charge on any atom is 0.271 e. The molecule has 0 aromatic carbocycles. The standard InChI is InChI=1S/C14H17N3O2S/c15-6-4-13-16-11(8-20-13)14(18)17-10-2-1-3-12-9(10)5-7-19-12/h5,7-8,10H,1-4,6,15H2,(H,17,18). The molecule has 1 aliphatic carbocycles. The van der Waals surface area contributed by atoms with Crippen LogP contribution in [0.3, 0.4) is 0 Å². The van der Waals surface area contributed by atoms with Crippen LogP contribution in [0.4, 0.5) is 0 Å². The van der Waals surface area contributed by atoms with Crippen LogP contribution >= 0.6 is 11.3 Å². The Morgan fingerprint density at radius 3 is 3.35 bits per heavy atom. The first-order valence-electron chi connectivity index (χ1n) is 6.79. The number of hydrogen-bond donors (Lipinski definition) is 2. The normalized spacial score (nSPS) is 17.8. The van der Waals surface area contributed by atoms with Crippen molar-refractivity contribution in [3.63, 3.8) is 0 Å². The lowest BCUT2D eigenvalue weighted by molar-refractivity contribution is 0.0927. The summed E-state index contributed by atoms with van der Waals surface area (Å²) in [4.78, 5) is 16.5. The van der Waals surface area contributed by atoms with Gasteiger partial charge in [0.05, 0.1) is 17.3 Å². The van der Waals surface area contributed by atoms with Crippen molar-refractivity contribution in [1.82, 2.24) is 10.3 Å². The Morgan fingerprint density at radius 1 is 1.60 bits per heavy atom. The molecule has 0 saturated carbocycles. The molecule has 2 aromatic heterocycles. The smallest absolute Gasteiger partial charge is 0.271 e. The van der Waals surface area contributed by atoms with Gasteiger partial charge in [-0.05, 0) is 25.5 Å². The molecule has 0 fully saturated rings. The van der Waals surface area contributed by atoms with Gasteiger partial charge in [-0.1, -0.05) is 0 Å². The number of fused-ring (bicyclic) bond motifs is 1. The Labute approximate surface area is 121 Å². The Morgan fingerprint density at radius 2 is 2.50 bits per heavy atom. The number of nitrogens with zero attached hydrogens (tertiary/aromatic N) is 1. The van der Waals surface area contributed by atoms with E-state index in [-0.39, 0.29) is 11.9 Å². The van der Waals surface area contributed by atoms with E-state index < -0.39 is 0 Å². The summed E-state index contributed by atoms with van der Waals surface area (Å²) in [5.41, 5.74) is 7.07. The predicted molar refractivity (Wildman–Crippen MR) is 76.7 cm³/mol. The van der Waals surface area contributed by atoms with Crippen LogP contribution in [0.25, 0.3) is 0 Å². The molecule has 3 N–H and O–H groups in total. The molecule has 5 nitrogen and oxygen atoms in total. The highest BCUT2D eigenvalue weighted by molar-refractivity contribution is 7.09. The van der Waals surface area contributed by atoms with E-state index in [9.17, 15) is 4.79 Å². The minimum absolute atomic E-state index is 0.0321. The third kappa shape index (κ3) is 2.62. The molecule has 106 valence electrons. The fraction of sp³-hybridized carbons (Fsp3) is 0.429. The predicted octanol–water partition coefficient (Wildman–Crippen LogP) is 2.04. The number of aromatic nitrogens is 1. The zero-order chi connectivity index (χ0) is 13.9. The van der Waals surface area contributed by atoms with Crippen LogP contribution < -0.4 is 11.1 Å². The number of hydrogen-bond acceptors (Lipinski definition) is 5. The van der Waals surface area contributed by atoms with Crippen molar-refractivity contribution in [1.29, 1.82) is 0 Å². The number of nitrogens with two attached hydrogens (primary N) is 1. The third-order valence-corrected chi connectivity index (χ3v) is 4.41. The molecule has 6 heteroatoms. The average molecular weight is 291 g/mol. The number of amides is 1. The van der Waals surface area contributed by atoms with Gasteiger partial charge in [0.1, 0.15) is 11.5 Å². The van der Waals surface area contributed by atoms with Gasteiger partial charge in [-0.3, -0.25) is 4.79 Å². The molecule has 0 saturated heterocycles. The molecule has 1 aliphatic rings. The van der Waals surface area contributed by atoms with Crippen molar-refractivity contribution >= 4 is 17.2 Å². The number of furan rings is 1. The number of carbonyl (C=O) groups is 1. The number of nitrogens with one attached hydrogen (secondary N) is 1. The Hall–Kier alpha value is -1.66. The molecule has 2 heterocycles. The number of thiazole rings is 1. The summed E-state index contributed by atoms with van der Waals surface area (Å²) in [6, 6.07) is 1.98. The molecular formula is C14H17N3O2S. The van der Waals surface area contributed by atoms with E-state index in [0.29, 0.717) is 18.7 Å². The van der Waals surface area contributed by atoms with E-state index in [1.54, 1.807) is 11.6 Å². The maximum absolute atomic E-state index is 12.2. The molecule has 1 atom stereocenters. The average Bonchev–Trinajstić information content (AvgIpc) is 3.08. The Kier molecular flexibility index (Phi) is 3.84. The second-order valence-corrected chi connectivity index (χ2v) is 5.83. The molecule has 0 bridgehead atoms. The summed E-state index contributed by atoms with van der Waals surface area (Å²) >= 11 is 1.48. The van der Waals surface area contributed by atoms with Gasteiger partial charge in [0.15, 0.2) is 0 Å². The minimum atomic E-state index is -0.122. The highest BCUT2D eigenvalue weighted by Crippen LogP contribution is 2.30. The Bertz CT molecular complexity index is 605. The lowest BCUT2D eigenvalue weighted by Crippen LogP contribution is -2.30. The monoisotopic (exact) mass is 291 g/mol. The molecule has 1 amide bonds. The summed E-state index contributed by atoms with van der Waals surface area (Å²) in [7, 11) is 0. The van der Waals surface area contributed by atoms with Gasteiger partial charge in [0, 0.05) is 23.8 Å². The molecule has 0 spiro atoms. The van der Waals surface area contributed by atoms with E-state index in [0.717, 1.165) is 35.6 Å². The largest absolute Gasteiger partial charge is 0.469 e. The fourth-order valence-corrected chi connectivity index (χ4v) is 3.32. The highest BCUT2D eigenvalue weighted by Gasteiger charge is 2.25. The fourth-order valence-electron chi connectivity index (χ4n) is 2.52. The van der Waals surface area contributed by atoms with Gasteiger partial charge in [-0.15, -0.1) is 11.3 Å². The summed E-state index contributed by atoms with van der Waals surface area (Å²) in [6.45, 7) is 0.551. The molecule has 0 radical (unpaired) electrons. The first-order chi connectivity index (χ1) is 9.78. The quantitative estimate of drug-likeness (QED) is 0.903. The number of aryl methyl sites for hydroxylation is 1. The zero-order valence-corrected chi connectivity index (χ0v) is 11.9. The van der Waals surface area contributed by atoms with Crippen LogP contribution in [0.2, 0.25) is 0 Å². The molecule has 1 unspecified atom stereocenters. The van der Waals surface area contributed by atoms with Gasteiger partial charge < -0.3 is 15.5 Å². The Balaban J connectivity index is 1.70. The van der Waals surface area contributed by atoms with Gasteiger partial charge >= 0.3 is 0 Å². The first kappa shape index (κ1) is 13.3. The van der Waals surface area contributed by atoms with E-state index in [1.807, 2.05) is 6.07 Å². The second kappa shape index (κ2) is 5.76. The lowest BCUT2D eigenvalue weighted by atomic mass is 9.93. The van der Waals surface area contributed by atoms with Crippen molar-refractivity contribution in [3.8, 4) is 0 Å². The van der Waals surface area contributed by atoms with Crippen molar-refractivity contribution in [2.45, 2.75) is 31.7 Å². The molecule has 3 rings (SSSR count). The maximum atomic E-state index is 12.2. The van der Waals surface area contributed by atoms with Crippen molar-refractivity contribution in [2.75, 3.05) is 6.54 Å². The minimum Gasteiger partial charge on any atom is -0.469 e. The van der Waals surface area contributed by atoms with Crippen LogP contribution in [-0.4, -0.2) is 17.4 Å². The van der Waals surface area contributed by atoms with Crippen LogP contribution in [-0.2, 0) is 12.8 Å².